The van der Waals surface area contributed by atoms with Crippen molar-refractivity contribution < 1.29 is 14.3 Å². The Labute approximate surface area is 142 Å². The van der Waals surface area contributed by atoms with E-state index >= 15 is 0 Å². The predicted octanol–water partition coefficient (Wildman–Crippen LogP) is 4.73. The fourth-order valence-electron chi connectivity index (χ4n) is 2.74. The van der Waals surface area contributed by atoms with E-state index in [4.69, 9.17) is 5.11 Å². The number of carbonyl (C=O) groups is 1. The molecule has 0 saturated carbocycles. The molecule has 4 rings (SSSR count). The molecule has 0 spiro atoms. The quantitative estimate of drug-likeness (QED) is 0.570. The summed E-state index contributed by atoms with van der Waals surface area (Å²) in [6.07, 6.45) is 0. The lowest BCUT2D eigenvalue weighted by atomic mass is 10.0. The van der Waals surface area contributed by atoms with Gasteiger partial charge in [0, 0.05) is 5.56 Å². The predicted molar refractivity (Wildman–Crippen MR) is 93.9 cm³/mol. The molecule has 0 bridgehead atoms. The van der Waals surface area contributed by atoms with Crippen molar-refractivity contribution in [1.29, 1.82) is 0 Å². The van der Waals surface area contributed by atoms with Gasteiger partial charge in [0.1, 0.15) is 11.6 Å². The molecule has 1 heterocycles. The highest BCUT2D eigenvalue weighted by atomic mass is 19.1. The van der Waals surface area contributed by atoms with Crippen LogP contribution in [0.15, 0.2) is 66.7 Å². The van der Waals surface area contributed by atoms with Crippen molar-refractivity contribution in [2.24, 2.45) is 0 Å². The second-order valence-electron chi connectivity index (χ2n) is 5.71. The van der Waals surface area contributed by atoms with Crippen molar-refractivity contribution in [2.45, 2.75) is 0 Å². The molecule has 0 aliphatic heterocycles. The van der Waals surface area contributed by atoms with Crippen LogP contribution < -0.4 is 0 Å². The number of H-pyrrole nitrogens is 1. The molecule has 0 fully saturated rings. The van der Waals surface area contributed by atoms with Crippen molar-refractivity contribution >= 4 is 17.0 Å². The number of nitrogens with zero attached hydrogens (tertiary/aromatic N) is 1. The van der Waals surface area contributed by atoms with Gasteiger partial charge in [0.25, 0.3) is 0 Å². The Morgan fingerprint density at radius 1 is 0.880 bits per heavy atom. The van der Waals surface area contributed by atoms with Crippen molar-refractivity contribution in [1.82, 2.24) is 9.97 Å². The van der Waals surface area contributed by atoms with Gasteiger partial charge in [-0.25, -0.2) is 14.2 Å². The third kappa shape index (κ3) is 2.87. The van der Waals surface area contributed by atoms with Gasteiger partial charge >= 0.3 is 5.97 Å². The Kier molecular flexibility index (Phi) is 3.54. The molecule has 0 unspecified atom stereocenters. The number of aromatic amines is 1. The highest BCUT2D eigenvalue weighted by Gasteiger charge is 2.09. The first kappa shape index (κ1) is 15.1. The lowest BCUT2D eigenvalue weighted by molar-refractivity contribution is 0.0697. The number of halogens is 1. The van der Waals surface area contributed by atoms with Crippen LogP contribution in [0.5, 0.6) is 0 Å². The smallest absolute Gasteiger partial charge is 0.335 e. The number of aromatic carboxylic acids is 1. The Balaban J connectivity index is 1.68. The van der Waals surface area contributed by atoms with Crippen LogP contribution in [0.1, 0.15) is 10.4 Å². The standard InChI is InChI=1S/C20H13FN2O2/c21-16-8-5-13(6-9-16)12-1-3-14(4-2-12)19-22-17-10-7-15(20(24)25)11-18(17)23-19/h1-11H,(H,22,23)(H,24,25). The summed E-state index contributed by atoms with van der Waals surface area (Å²) in [6.45, 7) is 0. The Bertz CT molecular complexity index is 1070. The monoisotopic (exact) mass is 332 g/mol. The molecule has 0 amide bonds. The minimum Gasteiger partial charge on any atom is -0.478 e. The van der Waals surface area contributed by atoms with Crippen LogP contribution in [-0.2, 0) is 0 Å². The van der Waals surface area contributed by atoms with E-state index in [0.717, 1.165) is 22.2 Å². The summed E-state index contributed by atoms with van der Waals surface area (Å²) in [4.78, 5) is 18.7. The van der Waals surface area contributed by atoms with E-state index in [1.807, 2.05) is 24.3 Å². The van der Waals surface area contributed by atoms with E-state index < -0.39 is 5.97 Å². The summed E-state index contributed by atoms with van der Waals surface area (Å²) in [7, 11) is 0. The molecular weight excluding hydrogens is 319 g/mol. The molecule has 5 heteroatoms. The van der Waals surface area contributed by atoms with Crippen LogP contribution >= 0.6 is 0 Å². The maximum atomic E-state index is 13.0. The van der Waals surface area contributed by atoms with Crippen LogP contribution in [0.2, 0.25) is 0 Å². The summed E-state index contributed by atoms with van der Waals surface area (Å²) in [5.74, 6) is -0.568. The van der Waals surface area contributed by atoms with Crippen molar-refractivity contribution in [3.8, 4) is 22.5 Å². The lowest BCUT2D eigenvalue weighted by Crippen LogP contribution is -1.94. The topological polar surface area (TPSA) is 66.0 Å². The molecule has 3 aromatic carbocycles. The Morgan fingerprint density at radius 2 is 1.48 bits per heavy atom. The molecule has 0 saturated heterocycles. The van der Waals surface area contributed by atoms with Crippen LogP contribution in [0.4, 0.5) is 4.39 Å². The van der Waals surface area contributed by atoms with Gasteiger partial charge in [-0.2, -0.15) is 0 Å². The number of fused-ring (bicyclic) bond motifs is 1. The first-order valence-corrected chi connectivity index (χ1v) is 7.69. The average molecular weight is 332 g/mol. The first-order chi connectivity index (χ1) is 12.1. The molecule has 0 atom stereocenters. The zero-order valence-electron chi connectivity index (χ0n) is 13.0. The fraction of sp³-hybridized carbons (Fsp3) is 0. The van der Waals surface area contributed by atoms with Crippen molar-refractivity contribution in [3.63, 3.8) is 0 Å². The lowest BCUT2D eigenvalue weighted by Gasteiger charge is -2.03. The number of carboxylic acids is 1. The van der Waals surface area contributed by atoms with E-state index in [2.05, 4.69) is 9.97 Å². The van der Waals surface area contributed by atoms with Gasteiger partial charge in [0.15, 0.2) is 0 Å². The number of nitrogens with one attached hydrogen (secondary N) is 1. The van der Waals surface area contributed by atoms with Crippen molar-refractivity contribution in [3.05, 3.63) is 78.1 Å². The number of aromatic nitrogens is 2. The molecule has 0 aliphatic rings. The normalized spacial score (nSPS) is 10.9. The molecule has 1 aromatic heterocycles. The third-order valence-electron chi connectivity index (χ3n) is 4.07. The van der Waals surface area contributed by atoms with Crippen molar-refractivity contribution in [2.75, 3.05) is 0 Å². The highest BCUT2D eigenvalue weighted by Crippen LogP contribution is 2.25. The van der Waals surface area contributed by atoms with Crippen LogP contribution in [0.3, 0.4) is 0 Å². The minimum atomic E-state index is -0.977. The van der Waals surface area contributed by atoms with Crippen LogP contribution in [0.25, 0.3) is 33.5 Å². The summed E-state index contributed by atoms with van der Waals surface area (Å²) in [6, 6.07) is 18.9. The molecule has 4 nitrogen and oxygen atoms in total. The van der Waals surface area contributed by atoms with Crippen LogP contribution in [-0.4, -0.2) is 21.0 Å². The van der Waals surface area contributed by atoms with Gasteiger partial charge in [-0.1, -0.05) is 36.4 Å². The maximum absolute atomic E-state index is 13.0. The van der Waals surface area contributed by atoms with E-state index in [-0.39, 0.29) is 11.4 Å². The van der Waals surface area contributed by atoms with Gasteiger partial charge in [0.2, 0.25) is 0 Å². The maximum Gasteiger partial charge on any atom is 0.335 e. The number of benzene rings is 3. The fourth-order valence-corrected chi connectivity index (χ4v) is 2.74. The van der Waals surface area contributed by atoms with Gasteiger partial charge in [-0.3, -0.25) is 0 Å². The third-order valence-corrected chi connectivity index (χ3v) is 4.07. The molecule has 4 aromatic rings. The molecular formula is C20H13FN2O2. The molecule has 0 aliphatic carbocycles. The second-order valence-corrected chi connectivity index (χ2v) is 5.71. The zero-order chi connectivity index (χ0) is 17.4. The molecule has 25 heavy (non-hydrogen) atoms. The van der Waals surface area contributed by atoms with E-state index in [1.54, 1.807) is 30.3 Å². The van der Waals surface area contributed by atoms with E-state index in [0.29, 0.717) is 11.3 Å². The highest BCUT2D eigenvalue weighted by molar-refractivity contribution is 5.93. The number of hydrogen-bond acceptors (Lipinski definition) is 2. The Hall–Kier alpha value is -3.47. The molecule has 0 radical (unpaired) electrons. The summed E-state index contributed by atoms with van der Waals surface area (Å²) >= 11 is 0. The SMILES string of the molecule is O=C(O)c1ccc2[nH]c(-c3ccc(-c4ccc(F)cc4)cc3)nc2c1. The van der Waals surface area contributed by atoms with Crippen LogP contribution in [0, 0.1) is 5.82 Å². The summed E-state index contributed by atoms with van der Waals surface area (Å²) in [5, 5.41) is 9.06. The number of imidazole rings is 1. The van der Waals surface area contributed by atoms with Gasteiger partial charge in [-0.05, 0) is 41.5 Å². The number of carboxylic acid groups (broad SMARTS) is 1. The van der Waals surface area contributed by atoms with E-state index in [1.165, 1.54) is 12.1 Å². The Morgan fingerprint density at radius 3 is 2.12 bits per heavy atom. The first-order valence-electron chi connectivity index (χ1n) is 7.69. The molecule has 2 N–H and O–H groups in total. The summed E-state index contributed by atoms with van der Waals surface area (Å²) in [5.41, 5.74) is 4.40. The minimum absolute atomic E-state index is 0.206. The largest absolute Gasteiger partial charge is 0.478 e. The average Bonchev–Trinajstić information content (AvgIpc) is 3.05. The molecule has 122 valence electrons. The van der Waals surface area contributed by atoms with Gasteiger partial charge in [-0.15, -0.1) is 0 Å². The second kappa shape index (κ2) is 5.87. The summed E-state index contributed by atoms with van der Waals surface area (Å²) < 4.78 is 13.0. The van der Waals surface area contributed by atoms with Gasteiger partial charge in [0.05, 0.1) is 16.6 Å². The van der Waals surface area contributed by atoms with E-state index in [9.17, 15) is 9.18 Å². The van der Waals surface area contributed by atoms with Gasteiger partial charge < -0.3 is 10.1 Å². The zero-order valence-corrected chi connectivity index (χ0v) is 13.0. The number of rotatable bonds is 3. The number of hydrogen-bond donors (Lipinski definition) is 2.